The van der Waals surface area contributed by atoms with Crippen molar-refractivity contribution in [2.45, 2.75) is 70.1 Å². The highest BCUT2D eigenvalue weighted by molar-refractivity contribution is 4.93. The molecular weight excluding hydrogens is 174 g/mol. The minimum absolute atomic E-state index is 0.547. The van der Waals surface area contributed by atoms with Gasteiger partial charge in [0.25, 0.3) is 0 Å². The van der Waals surface area contributed by atoms with Crippen LogP contribution in [0.15, 0.2) is 0 Å². The molecule has 0 aromatic carbocycles. The number of unbranched alkanes of at least 4 members (excludes halogenated alkanes) is 3. The van der Waals surface area contributed by atoms with E-state index in [0.717, 1.165) is 0 Å². The van der Waals surface area contributed by atoms with E-state index in [-0.39, 0.29) is 0 Å². The van der Waals surface area contributed by atoms with Crippen molar-refractivity contribution in [3.63, 3.8) is 0 Å². The number of nitrogens with one attached hydrogen (secondary N) is 1. The van der Waals surface area contributed by atoms with E-state index in [4.69, 9.17) is 4.74 Å². The van der Waals surface area contributed by atoms with Crippen LogP contribution in [0.2, 0.25) is 0 Å². The van der Waals surface area contributed by atoms with E-state index in [1.807, 2.05) is 0 Å². The van der Waals surface area contributed by atoms with Crippen LogP contribution >= 0.6 is 0 Å². The van der Waals surface area contributed by atoms with Crippen LogP contribution in [0.3, 0.4) is 0 Å². The Morgan fingerprint density at radius 3 is 2.79 bits per heavy atom. The maximum Gasteiger partial charge on any atom is 0.0733 e. The fraction of sp³-hybridized carbons (Fsp3) is 1.00. The van der Waals surface area contributed by atoms with E-state index < -0.39 is 0 Å². The van der Waals surface area contributed by atoms with Crippen molar-refractivity contribution < 1.29 is 4.74 Å². The first kappa shape index (κ1) is 10.4. The van der Waals surface area contributed by atoms with Gasteiger partial charge in [0.15, 0.2) is 0 Å². The average Bonchev–Trinajstić information content (AvgIpc) is 2.79. The lowest BCUT2D eigenvalue weighted by Crippen LogP contribution is -2.37. The number of rotatable bonds is 6. The lowest BCUT2D eigenvalue weighted by atomic mass is 9.95. The SMILES string of the molecule is CCCCCCNC1CC2CCC1O2. The summed E-state index contributed by atoms with van der Waals surface area (Å²) in [6.07, 6.45) is 10.4. The zero-order valence-corrected chi connectivity index (χ0v) is 9.30. The third-order valence-corrected chi connectivity index (χ3v) is 3.54. The summed E-state index contributed by atoms with van der Waals surface area (Å²) in [6.45, 7) is 3.45. The Labute approximate surface area is 87.4 Å². The highest BCUT2D eigenvalue weighted by Gasteiger charge is 2.40. The summed E-state index contributed by atoms with van der Waals surface area (Å²) in [5, 5.41) is 3.65. The van der Waals surface area contributed by atoms with Gasteiger partial charge in [-0.15, -0.1) is 0 Å². The summed E-state index contributed by atoms with van der Waals surface area (Å²) >= 11 is 0. The molecule has 2 heteroatoms. The summed E-state index contributed by atoms with van der Waals surface area (Å²) in [5.74, 6) is 0. The summed E-state index contributed by atoms with van der Waals surface area (Å²) in [4.78, 5) is 0. The van der Waals surface area contributed by atoms with Crippen molar-refractivity contribution in [2.75, 3.05) is 6.54 Å². The van der Waals surface area contributed by atoms with E-state index in [1.165, 1.54) is 51.5 Å². The standard InChI is InChI=1S/C12H23NO/c1-2-3-4-5-8-13-11-9-10-6-7-12(11)14-10/h10-13H,2-9H2,1H3. The number of hydrogen-bond donors (Lipinski definition) is 1. The number of hydrogen-bond acceptors (Lipinski definition) is 2. The van der Waals surface area contributed by atoms with Crippen LogP contribution in [0.1, 0.15) is 51.9 Å². The summed E-state index contributed by atoms with van der Waals surface area (Å²) in [5.41, 5.74) is 0. The van der Waals surface area contributed by atoms with Gasteiger partial charge >= 0.3 is 0 Å². The Balaban J connectivity index is 1.54. The molecule has 3 atom stereocenters. The van der Waals surface area contributed by atoms with Gasteiger partial charge in [-0.05, 0) is 32.2 Å². The van der Waals surface area contributed by atoms with Crippen LogP contribution in [0.4, 0.5) is 0 Å². The lowest BCUT2D eigenvalue weighted by Gasteiger charge is -2.19. The second-order valence-corrected chi connectivity index (χ2v) is 4.73. The maximum atomic E-state index is 5.80. The van der Waals surface area contributed by atoms with E-state index in [1.54, 1.807) is 0 Å². The van der Waals surface area contributed by atoms with Gasteiger partial charge in [-0.1, -0.05) is 26.2 Å². The molecule has 1 N–H and O–H groups in total. The fourth-order valence-corrected chi connectivity index (χ4v) is 2.69. The molecule has 0 spiro atoms. The predicted octanol–water partition coefficient (Wildman–Crippen LogP) is 2.48. The molecule has 2 aliphatic heterocycles. The first-order chi connectivity index (χ1) is 6.90. The van der Waals surface area contributed by atoms with Crippen molar-refractivity contribution in [3.05, 3.63) is 0 Å². The molecule has 0 radical (unpaired) electrons. The van der Waals surface area contributed by atoms with Crippen LogP contribution in [0, 0.1) is 0 Å². The van der Waals surface area contributed by atoms with Gasteiger partial charge in [-0.3, -0.25) is 0 Å². The van der Waals surface area contributed by atoms with Crippen LogP contribution < -0.4 is 5.32 Å². The van der Waals surface area contributed by atoms with Gasteiger partial charge < -0.3 is 10.1 Å². The molecule has 0 aliphatic carbocycles. The molecule has 2 heterocycles. The Kier molecular flexibility index (Phi) is 3.82. The summed E-state index contributed by atoms with van der Waals surface area (Å²) < 4.78 is 5.80. The van der Waals surface area contributed by atoms with Gasteiger partial charge in [0.2, 0.25) is 0 Å². The maximum absolute atomic E-state index is 5.80. The van der Waals surface area contributed by atoms with Crippen LogP contribution in [0.5, 0.6) is 0 Å². The van der Waals surface area contributed by atoms with Crippen molar-refractivity contribution in [2.24, 2.45) is 0 Å². The molecule has 2 aliphatic rings. The first-order valence-corrected chi connectivity index (χ1v) is 6.29. The lowest BCUT2D eigenvalue weighted by molar-refractivity contribution is 0.0974. The molecule has 82 valence electrons. The topological polar surface area (TPSA) is 21.3 Å². The highest BCUT2D eigenvalue weighted by atomic mass is 16.5. The zero-order valence-electron chi connectivity index (χ0n) is 9.30. The molecular formula is C12H23NO. The molecule has 2 rings (SSSR count). The Hall–Kier alpha value is -0.0800. The van der Waals surface area contributed by atoms with Gasteiger partial charge in [-0.2, -0.15) is 0 Å². The largest absolute Gasteiger partial charge is 0.373 e. The quantitative estimate of drug-likeness (QED) is 0.660. The number of ether oxygens (including phenoxy) is 1. The molecule has 2 saturated heterocycles. The minimum Gasteiger partial charge on any atom is -0.373 e. The molecule has 2 fully saturated rings. The van der Waals surface area contributed by atoms with Gasteiger partial charge in [0.1, 0.15) is 0 Å². The second kappa shape index (κ2) is 5.13. The van der Waals surface area contributed by atoms with E-state index >= 15 is 0 Å². The minimum atomic E-state index is 0.547. The van der Waals surface area contributed by atoms with E-state index in [9.17, 15) is 0 Å². The Morgan fingerprint density at radius 1 is 1.21 bits per heavy atom. The average molecular weight is 197 g/mol. The van der Waals surface area contributed by atoms with Gasteiger partial charge in [-0.25, -0.2) is 0 Å². The van der Waals surface area contributed by atoms with Crippen LogP contribution in [-0.4, -0.2) is 24.8 Å². The van der Waals surface area contributed by atoms with Gasteiger partial charge in [0.05, 0.1) is 12.2 Å². The van der Waals surface area contributed by atoms with Crippen LogP contribution in [0.25, 0.3) is 0 Å². The molecule has 2 nitrogen and oxygen atoms in total. The summed E-state index contributed by atoms with van der Waals surface area (Å²) in [7, 11) is 0. The third kappa shape index (κ3) is 2.48. The zero-order chi connectivity index (χ0) is 9.80. The van der Waals surface area contributed by atoms with Crippen molar-refractivity contribution in [3.8, 4) is 0 Å². The van der Waals surface area contributed by atoms with Gasteiger partial charge in [0, 0.05) is 6.04 Å². The molecule has 2 bridgehead atoms. The van der Waals surface area contributed by atoms with Crippen molar-refractivity contribution in [1.82, 2.24) is 5.32 Å². The van der Waals surface area contributed by atoms with Crippen LogP contribution in [-0.2, 0) is 4.74 Å². The predicted molar refractivity (Wildman–Crippen MR) is 58.4 cm³/mol. The second-order valence-electron chi connectivity index (χ2n) is 4.73. The number of fused-ring (bicyclic) bond motifs is 2. The Morgan fingerprint density at radius 2 is 2.14 bits per heavy atom. The van der Waals surface area contributed by atoms with Crippen molar-refractivity contribution >= 4 is 0 Å². The third-order valence-electron chi connectivity index (χ3n) is 3.54. The van der Waals surface area contributed by atoms with E-state index in [2.05, 4.69) is 12.2 Å². The highest BCUT2D eigenvalue weighted by Crippen LogP contribution is 2.34. The fourth-order valence-electron chi connectivity index (χ4n) is 2.69. The Bertz CT molecular complexity index is 172. The molecule has 0 amide bonds. The molecule has 14 heavy (non-hydrogen) atoms. The molecule has 0 saturated carbocycles. The molecule has 0 aromatic heterocycles. The molecule has 3 unspecified atom stereocenters. The molecule has 0 aromatic rings. The summed E-state index contributed by atoms with van der Waals surface area (Å²) in [6, 6.07) is 0.676. The van der Waals surface area contributed by atoms with Crippen molar-refractivity contribution in [1.29, 1.82) is 0 Å². The monoisotopic (exact) mass is 197 g/mol. The smallest absolute Gasteiger partial charge is 0.0733 e. The van der Waals surface area contributed by atoms with E-state index in [0.29, 0.717) is 18.2 Å². The first-order valence-electron chi connectivity index (χ1n) is 6.29. The normalized spacial score (nSPS) is 35.4.